The highest BCUT2D eigenvalue weighted by atomic mass is 35.5. The van der Waals surface area contributed by atoms with Crippen molar-refractivity contribution in [1.82, 2.24) is 14.9 Å². The molecule has 7 nitrogen and oxygen atoms in total. The number of rotatable bonds is 8. The number of piperidine rings is 1. The van der Waals surface area contributed by atoms with Gasteiger partial charge in [-0.2, -0.15) is 0 Å². The highest BCUT2D eigenvalue weighted by molar-refractivity contribution is 7.10. The van der Waals surface area contributed by atoms with E-state index in [1.165, 1.54) is 11.3 Å². The second-order valence-electron chi connectivity index (χ2n) is 8.94. The maximum atomic E-state index is 11.7. The van der Waals surface area contributed by atoms with Gasteiger partial charge in [-0.15, -0.1) is 11.3 Å². The van der Waals surface area contributed by atoms with Crippen molar-refractivity contribution in [1.29, 1.82) is 0 Å². The van der Waals surface area contributed by atoms with Crippen molar-refractivity contribution in [2.45, 2.75) is 38.2 Å². The number of ether oxygens (including phenoxy) is 1. The second-order valence-corrected chi connectivity index (χ2v) is 10.2. The number of pyridine rings is 1. The third-order valence-corrected chi connectivity index (χ3v) is 7.71. The molecule has 2 aromatic heterocycles. The molecular formula is C26H28ClN3O4S. The van der Waals surface area contributed by atoms with E-state index in [9.17, 15) is 15.0 Å². The van der Waals surface area contributed by atoms with Gasteiger partial charge in [0.05, 0.1) is 36.7 Å². The number of aliphatic carboxylic acids is 1. The Morgan fingerprint density at radius 2 is 2.14 bits per heavy atom. The van der Waals surface area contributed by atoms with Gasteiger partial charge in [0.1, 0.15) is 5.75 Å². The van der Waals surface area contributed by atoms with Crippen LogP contribution in [0.25, 0.3) is 10.9 Å². The van der Waals surface area contributed by atoms with Gasteiger partial charge in [-0.25, -0.2) is 4.98 Å². The van der Waals surface area contributed by atoms with Crippen molar-refractivity contribution < 1.29 is 19.7 Å². The Kier molecular flexibility index (Phi) is 8.24. The first-order valence-electron chi connectivity index (χ1n) is 11.5. The molecule has 1 saturated heterocycles. The number of aliphatic hydroxyl groups is 1. The van der Waals surface area contributed by atoms with E-state index in [0.29, 0.717) is 35.7 Å². The summed E-state index contributed by atoms with van der Waals surface area (Å²) in [6.07, 6.45) is 5.00. The first kappa shape index (κ1) is 25.4. The number of carboxylic acid groups (broad SMARTS) is 1. The predicted octanol–water partition coefficient (Wildman–Crippen LogP) is 4.78. The van der Waals surface area contributed by atoms with Crippen molar-refractivity contribution >= 4 is 39.8 Å². The lowest BCUT2D eigenvalue weighted by Crippen LogP contribution is -2.41. The molecule has 35 heavy (non-hydrogen) atoms. The third kappa shape index (κ3) is 6.30. The summed E-state index contributed by atoms with van der Waals surface area (Å²) in [5.41, 5.74) is 0.951. The second kappa shape index (κ2) is 11.4. The van der Waals surface area contributed by atoms with Crippen LogP contribution in [0.3, 0.4) is 0 Å². The number of aliphatic hydroxyl groups excluding tert-OH is 1. The SMILES string of the molecule is COc1ccc2ncc(Cl)c(C(O)CCC3(CC(=O)O)CCN(CC#Cc4nccs4)CC3)c2c1. The van der Waals surface area contributed by atoms with Crippen LogP contribution in [0.1, 0.15) is 48.8 Å². The van der Waals surface area contributed by atoms with Crippen LogP contribution in [-0.4, -0.2) is 57.8 Å². The molecule has 1 atom stereocenters. The first-order valence-corrected chi connectivity index (χ1v) is 12.8. The largest absolute Gasteiger partial charge is 0.497 e. The molecule has 1 fully saturated rings. The lowest BCUT2D eigenvalue weighted by Gasteiger charge is -2.41. The highest BCUT2D eigenvalue weighted by Gasteiger charge is 2.37. The Labute approximate surface area is 213 Å². The van der Waals surface area contributed by atoms with Gasteiger partial charge < -0.3 is 14.9 Å². The summed E-state index contributed by atoms with van der Waals surface area (Å²) in [4.78, 5) is 22.5. The van der Waals surface area contributed by atoms with Gasteiger partial charge in [-0.3, -0.25) is 14.7 Å². The summed E-state index contributed by atoms with van der Waals surface area (Å²) >= 11 is 7.97. The minimum Gasteiger partial charge on any atom is -0.497 e. The number of benzene rings is 1. The van der Waals surface area contributed by atoms with E-state index in [2.05, 4.69) is 26.7 Å². The van der Waals surface area contributed by atoms with Gasteiger partial charge in [0.25, 0.3) is 0 Å². The van der Waals surface area contributed by atoms with Gasteiger partial charge in [-0.05, 0) is 68.3 Å². The summed E-state index contributed by atoms with van der Waals surface area (Å²) < 4.78 is 5.34. The molecule has 9 heteroatoms. The van der Waals surface area contributed by atoms with Gasteiger partial charge in [0.2, 0.25) is 0 Å². The van der Waals surface area contributed by atoms with Gasteiger partial charge in [-0.1, -0.05) is 17.5 Å². The molecule has 184 valence electrons. The van der Waals surface area contributed by atoms with Crippen LogP contribution in [0, 0.1) is 17.3 Å². The van der Waals surface area contributed by atoms with E-state index in [-0.39, 0.29) is 11.8 Å². The van der Waals surface area contributed by atoms with Crippen LogP contribution in [0.4, 0.5) is 0 Å². The molecule has 0 bridgehead atoms. The van der Waals surface area contributed by atoms with E-state index in [4.69, 9.17) is 16.3 Å². The molecule has 4 rings (SSSR count). The topological polar surface area (TPSA) is 95.8 Å². The summed E-state index contributed by atoms with van der Waals surface area (Å²) in [6, 6.07) is 5.47. The lowest BCUT2D eigenvalue weighted by molar-refractivity contribution is -0.141. The van der Waals surface area contributed by atoms with Crippen molar-refractivity contribution in [3.05, 3.63) is 51.6 Å². The number of thiazole rings is 1. The van der Waals surface area contributed by atoms with Crippen molar-refractivity contribution in [3.8, 4) is 17.6 Å². The predicted molar refractivity (Wildman–Crippen MR) is 137 cm³/mol. The molecule has 2 N–H and O–H groups in total. The maximum Gasteiger partial charge on any atom is 0.303 e. The van der Waals surface area contributed by atoms with E-state index in [1.807, 2.05) is 23.6 Å². The number of halogens is 1. The zero-order chi connectivity index (χ0) is 24.8. The molecule has 0 radical (unpaired) electrons. The quantitative estimate of drug-likeness (QED) is 0.418. The number of likely N-dealkylation sites (tertiary alicyclic amines) is 1. The van der Waals surface area contributed by atoms with E-state index in [0.717, 1.165) is 41.8 Å². The Morgan fingerprint density at radius 3 is 2.83 bits per heavy atom. The van der Waals surface area contributed by atoms with Crippen LogP contribution in [-0.2, 0) is 4.79 Å². The van der Waals surface area contributed by atoms with E-state index < -0.39 is 12.1 Å². The average Bonchev–Trinajstić information content (AvgIpc) is 3.36. The van der Waals surface area contributed by atoms with Crippen LogP contribution in [0.5, 0.6) is 5.75 Å². The van der Waals surface area contributed by atoms with Gasteiger partial charge in [0, 0.05) is 28.7 Å². The maximum absolute atomic E-state index is 11.7. The number of methoxy groups -OCH3 is 1. The molecule has 1 aromatic carbocycles. The zero-order valence-corrected chi connectivity index (χ0v) is 21.1. The smallest absolute Gasteiger partial charge is 0.303 e. The number of aromatic nitrogens is 2. The Bertz CT molecular complexity index is 1230. The molecule has 3 heterocycles. The van der Waals surface area contributed by atoms with Crippen molar-refractivity contribution in [2.24, 2.45) is 5.41 Å². The molecule has 1 aliphatic heterocycles. The van der Waals surface area contributed by atoms with E-state index in [1.54, 1.807) is 19.5 Å². The summed E-state index contributed by atoms with van der Waals surface area (Å²) in [5.74, 6) is 6.08. The number of fused-ring (bicyclic) bond motifs is 1. The standard InChI is InChI=1S/C26H28ClN3O4S/c1-34-18-4-5-21-19(15-18)25(20(27)17-29-21)22(31)6-7-26(16-24(32)33)8-12-30(13-9-26)11-2-3-23-28-10-14-35-23/h4-5,10,14-15,17,22,31H,6-9,11-13,16H2,1H3,(H,32,33). The number of nitrogens with zero attached hydrogens (tertiary/aromatic N) is 3. The molecule has 1 aliphatic rings. The normalized spacial score (nSPS) is 16.4. The number of hydrogen-bond donors (Lipinski definition) is 2. The lowest BCUT2D eigenvalue weighted by atomic mass is 9.71. The minimum atomic E-state index is -0.840. The molecule has 0 amide bonds. The summed E-state index contributed by atoms with van der Waals surface area (Å²) in [6.45, 7) is 2.17. The minimum absolute atomic E-state index is 0.0804. The van der Waals surface area contributed by atoms with Crippen LogP contribution >= 0.6 is 22.9 Å². The Morgan fingerprint density at radius 1 is 1.34 bits per heavy atom. The van der Waals surface area contributed by atoms with E-state index >= 15 is 0 Å². The van der Waals surface area contributed by atoms with Crippen molar-refractivity contribution in [3.63, 3.8) is 0 Å². The van der Waals surface area contributed by atoms with Gasteiger partial charge >= 0.3 is 5.97 Å². The Balaban J connectivity index is 1.44. The fourth-order valence-corrected chi connectivity index (χ4v) is 5.53. The summed E-state index contributed by atoms with van der Waals surface area (Å²) in [7, 11) is 1.59. The highest BCUT2D eigenvalue weighted by Crippen LogP contribution is 2.43. The van der Waals surface area contributed by atoms with Crippen LogP contribution < -0.4 is 4.74 Å². The van der Waals surface area contributed by atoms with Crippen molar-refractivity contribution in [2.75, 3.05) is 26.7 Å². The summed E-state index contributed by atoms with van der Waals surface area (Å²) in [5, 5.41) is 24.6. The average molecular weight is 514 g/mol. The van der Waals surface area contributed by atoms with Crippen LogP contribution in [0.2, 0.25) is 5.02 Å². The fourth-order valence-electron chi connectivity index (χ4n) is 4.75. The molecule has 3 aromatic rings. The molecule has 0 spiro atoms. The molecule has 0 aliphatic carbocycles. The molecular weight excluding hydrogens is 486 g/mol. The fraction of sp³-hybridized carbons (Fsp3) is 0.423. The number of carboxylic acids is 1. The zero-order valence-electron chi connectivity index (χ0n) is 19.5. The molecule has 0 saturated carbocycles. The molecule has 1 unspecified atom stereocenters. The third-order valence-electron chi connectivity index (χ3n) is 6.72. The number of hydrogen-bond acceptors (Lipinski definition) is 7. The van der Waals surface area contributed by atoms with Crippen LogP contribution in [0.15, 0.2) is 36.0 Å². The Hall–Kier alpha value is -2.70. The monoisotopic (exact) mass is 513 g/mol. The first-order chi connectivity index (χ1) is 16.9. The van der Waals surface area contributed by atoms with Gasteiger partial charge in [0.15, 0.2) is 5.01 Å². The number of carbonyl (C=O) groups is 1.